The van der Waals surface area contributed by atoms with Crippen molar-refractivity contribution in [3.8, 4) is 0 Å². The third-order valence-corrected chi connectivity index (χ3v) is 5.88. The fourth-order valence-corrected chi connectivity index (χ4v) is 4.45. The average molecular weight is 384 g/mol. The van der Waals surface area contributed by atoms with Gasteiger partial charge >= 0.3 is 0 Å². The van der Waals surface area contributed by atoms with Crippen molar-refractivity contribution < 1.29 is 18.7 Å². The standard InChI is InChI=1S/C20H24N4O4/c25-19(16-6-3-9-26-16)22-14-10-27-18-15(11-28-17(14)18)24-20-21-8-7-13(23-20)12-4-1-2-5-12/h3,6-9,12,14-15,17-18H,1-2,4-5,10-11H2,(H,22,25)(H,21,23,24)/t14-,15+,17-,18+/m1/s1. The summed E-state index contributed by atoms with van der Waals surface area (Å²) < 4.78 is 17.0. The Bertz CT molecular complexity index is 821. The van der Waals surface area contributed by atoms with Crippen LogP contribution in [0.5, 0.6) is 0 Å². The molecule has 2 aromatic heterocycles. The fourth-order valence-electron chi connectivity index (χ4n) is 4.45. The van der Waals surface area contributed by atoms with Crippen LogP contribution in [0.4, 0.5) is 5.95 Å². The molecule has 4 heterocycles. The Morgan fingerprint density at radius 2 is 1.86 bits per heavy atom. The van der Waals surface area contributed by atoms with Crippen molar-refractivity contribution in [2.45, 2.75) is 55.9 Å². The van der Waals surface area contributed by atoms with Crippen molar-refractivity contribution in [2.75, 3.05) is 18.5 Å². The van der Waals surface area contributed by atoms with Gasteiger partial charge in [0.2, 0.25) is 5.95 Å². The maximum Gasteiger partial charge on any atom is 0.287 e. The Labute approximate surface area is 163 Å². The first-order valence-electron chi connectivity index (χ1n) is 9.95. The van der Waals surface area contributed by atoms with E-state index in [0.29, 0.717) is 25.1 Å². The Balaban J connectivity index is 1.22. The zero-order valence-electron chi connectivity index (χ0n) is 15.5. The van der Waals surface area contributed by atoms with Crippen LogP contribution in [0.25, 0.3) is 0 Å². The molecule has 2 aromatic rings. The smallest absolute Gasteiger partial charge is 0.287 e. The molecule has 8 nitrogen and oxygen atoms in total. The van der Waals surface area contributed by atoms with Gasteiger partial charge in [0.25, 0.3) is 5.91 Å². The van der Waals surface area contributed by atoms with Crippen LogP contribution in [-0.2, 0) is 9.47 Å². The Morgan fingerprint density at radius 3 is 2.64 bits per heavy atom. The quantitative estimate of drug-likeness (QED) is 0.814. The second-order valence-corrected chi connectivity index (χ2v) is 7.69. The van der Waals surface area contributed by atoms with Gasteiger partial charge < -0.3 is 24.5 Å². The minimum absolute atomic E-state index is 0.0469. The molecule has 148 valence electrons. The largest absolute Gasteiger partial charge is 0.459 e. The molecule has 1 aliphatic carbocycles. The third-order valence-electron chi connectivity index (χ3n) is 5.88. The SMILES string of the molecule is O=C(N[C@@H]1CO[C@@H]2[C@@H]1OC[C@@H]2Nc1nccc(C2CCCC2)n1)c1ccco1. The molecule has 0 aromatic carbocycles. The molecule has 3 aliphatic rings. The maximum absolute atomic E-state index is 12.2. The number of fused-ring (bicyclic) bond motifs is 1. The van der Waals surface area contributed by atoms with E-state index in [1.807, 2.05) is 12.3 Å². The van der Waals surface area contributed by atoms with Crippen molar-refractivity contribution in [2.24, 2.45) is 0 Å². The number of carbonyl (C=O) groups is 1. The van der Waals surface area contributed by atoms with Crippen LogP contribution in [0, 0.1) is 0 Å². The van der Waals surface area contributed by atoms with Crippen molar-refractivity contribution in [3.05, 3.63) is 42.1 Å². The normalized spacial score (nSPS) is 29.7. The van der Waals surface area contributed by atoms with Gasteiger partial charge in [0, 0.05) is 17.8 Å². The topological polar surface area (TPSA) is 98.5 Å². The summed E-state index contributed by atoms with van der Waals surface area (Å²) in [5, 5.41) is 6.32. The van der Waals surface area contributed by atoms with Crippen molar-refractivity contribution in [1.29, 1.82) is 0 Å². The van der Waals surface area contributed by atoms with E-state index >= 15 is 0 Å². The molecule has 0 bridgehead atoms. The molecule has 1 amide bonds. The number of amides is 1. The van der Waals surface area contributed by atoms with Crippen molar-refractivity contribution in [3.63, 3.8) is 0 Å². The number of furan rings is 1. The highest BCUT2D eigenvalue weighted by Gasteiger charge is 2.48. The first kappa shape index (κ1) is 17.6. The van der Waals surface area contributed by atoms with Gasteiger partial charge in [-0.05, 0) is 31.0 Å². The molecule has 0 unspecified atom stereocenters. The maximum atomic E-state index is 12.2. The highest BCUT2D eigenvalue weighted by Crippen LogP contribution is 2.33. The molecule has 1 saturated carbocycles. The number of nitrogens with one attached hydrogen (secondary N) is 2. The van der Waals surface area contributed by atoms with Crippen LogP contribution in [0.3, 0.4) is 0 Å². The minimum Gasteiger partial charge on any atom is -0.459 e. The highest BCUT2D eigenvalue weighted by atomic mass is 16.6. The number of aromatic nitrogens is 2. The number of rotatable bonds is 5. The second-order valence-electron chi connectivity index (χ2n) is 7.69. The summed E-state index contributed by atoms with van der Waals surface area (Å²) in [5.74, 6) is 1.19. The molecule has 2 N–H and O–H groups in total. The summed E-state index contributed by atoms with van der Waals surface area (Å²) in [7, 11) is 0. The Morgan fingerprint density at radius 1 is 1.07 bits per heavy atom. The summed E-state index contributed by atoms with van der Waals surface area (Å²) in [6, 6.07) is 5.09. The number of carbonyl (C=O) groups excluding carboxylic acids is 1. The van der Waals surface area contributed by atoms with Gasteiger partial charge in [-0.15, -0.1) is 0 Å². The van der Waals surface area contributed by atoms with Gasteiger partial charge in [-0.25, -0.2) is 9.97 Å². The number of hydrogen-bond acceptors (Lipinski definition) is 7. The lowest BCUT2D eigenvalue weighted by molar-refractivity contribution is 0.0646. The lowest BCUT2D eigenvalue weighted by Gasteiger charge is -2.18. The highest BCUT2D eigenvalue weighted by molar-refractivity contribution is 5.91. The van der Waals surface area contributed by atoms with E-state index in [1.54, 1.807) is 12.1 Å². The van der Waals surface area contributed by atoms with Crippen molar-refractivity contribution in [1.82, 2.24) is 15.3 Å². The van der Waals surface area contributed by atoms with Gasteiger partial charge in [0.05, 0.1) is 31.6 Å². The zero-order valence-corrected chi connectivity index (χ0v) is 15.5. The lowest BCUT2D eigenvalue weighted by Crippen LogP contribution is -2.44. The van der Waals surface area contributed by atoms with E-state index < -0.39 is 0 Å². The predicted molar refractivity (Wildman–Crippen MR) is 100 cm³/mol. The summed E-state index contributed by atoms with van der Waals surface area (Å²) in [4.78, 5) is 21.3. The monoisotopic (exact) mass is 384 g/mol. The lowest BCUT2D eigenvalue weighted by atomic mass is 10.0. The first-order valence-corrected chi connectivity index (χ1v) is 9.95. The molecule has 5 rings (SSSR count). The third kappa shape index (κ3) is 3.38. The van der Waals surface area contributed by atoms with E-state index in [4.69, 9.17) is 18.9 Å². The molecular weight excluding hydrogens is 360 g/mol. The summed E-state index contributed by atoms with van der Waals surface area (Å²) >= 11 is 0. The van der Waals surface area contributed by atoms with Crippen LogP contribution >= 0.6 is 0 Å². The summed E-state index contributed by atoms with van der Waals surface area (Å²) in [6.45, 7) is 0.891. The molecule has 2 saturated heterocycles. The number of nitrogens with zero attached hydrogens (tertiary/aromatic N) is 2. The Kier molecular flexibility index (Phi) is 4.74. The number of hydrogen-bond donors (Lipinski definition) is 2. The fraction of sp³-hybridized carbons (Fsp3) is 0.550. The van der Waals surface area contributed by atoms with Gasteiger partial charge in [-0.1, -0.05) is 12.8 Å². The van der Waals surface area contributed by atoms with Crippen LogP contribution < -0.4 is 10.6 Å². The van der Waals surface area contributed by atoms with Gasteiger partial charge in [-0.2, -0.15) is 0 Å². The number of anilines is 1. The minimum atomic E-state index is -0.258. The molecule has 3 fully saturated rings. The first-order chi connectivity index (χ1) is 13.8. The van der Waals surface area contributed by atoms with Gasteiger partial charge in [0.15, 0.2) is 5.76 Å². The van der Waals surface area contributed by atoms with E-state index in [0.717, 1.165) is 5.69 Å². The molecule has 0 radical (unpaired) electrons. The van der Waals surface area contributed by atoms with E-state index in [1.165, 1.54) is 31.9 Å². The molecule has 28 heavy (non-hydrogen) atoms. The Hall–Kier alpha value is -2.45. The zero-order chi connectivity index (χ0) is 18.9. The molecule has 2 aliphatic heterocycles. The van der Waals surface area contributed by atoms with Crippen LogP contribution in [0.15, 0.2) is 35.1 Å². The number of ether oxygens (including phenoxy) is 2. The molecule has 0 spiro atoms. The van der Waals surface area contributed by atoms with E-state index in [-0.39, 0.29) is 36.0 Å². The average Bonchev–Trinajstić information content (AvgIpc) is 3.50. The second kappa shape index (κ2) is 7.52. The van der Waals surface area contributed by atoms with Crippen LogP contribution in [0.2, 0.25) is 0 Å². The van der Waals surface area contributed by atoms with Crippen LogP contribution in [0.1, 0.15) is 47.8 Å². The molecule has 4 atom stereocenters. The van der Waals surface area contributed by atoms with E-state index in [2.05, 4.69) is 15.6 Å². The van der Waals surface area contributed by atoms with Crippen LogP contribution in [-0.4, -0.2) is 53.4 Å². The van der Waals surface area contributed by atoms with Crippen molar-refractivity contribution >= 4 is 11.9 Å². The summed E-state index contributed by atoms with van der Waals surface area (Å²) in [6.07, 6.45) is 7.90. The van der Waals surface area contributed by atoms with E-state index in [9.17, 15) is 4.79 Å². The summed E-state index contributed by atoms with van der Waals surface area (Å²) in [5.41, 5.74) is 1.11. The van der Waals surface area contributed by atoms with Gasteiger partial charge in [-0.3, -0.25) is 4.79 Å². The predicted octanol–water partition coefficient (Wildman–Crippen LogP) is 2.10. The molecular formula is C20H24N4O4. The van der Waals surface area contributed by atoms with Gasteiger partial charge in [0.1, 0.15) is 12.2 Å². The molecule has 8 heteroatoms.